The van der Waals surface area contributed by atoms with Gasteiger partial charge in [-0.3, -0.25) is 0 Å². The number of rotatable bonds is 5. The molecule has 0 unspecified atom stereocenters. The summed E-state index contributed by atoms with van der Waals surface area (Å²) in [6.45, 7) is 3.86. The third kappa shape index (κ3) is 4.32. The van der Waals surface area contributed by atoms with Crippen LogP contribution in [0.25, 0.3) is 22.5 Å². The molecule has 1 aliphatic rings. The number of likely N-dealkylation sites (N-methyl/N-ethyl adjacent to an activating group) is 1. The third-order valence-electron chi connectivity index (χ3n) is 5.27. The Bertz CT molecular complexity index is 884. The second kappa shape index (κ2) is 8.49. The Hall–Kier alpha value is -3.12. The first-order chi connectivity index (χ1) is 14.2. The van der Waals surface area contributed by atoms with Crippen LogP contribution in [0.5, 0.6) is 11.5 Å². The molecule has 1 saturated heterocycles. The Morgan fingerprint density at radius 2 is 1.14 bits per heavy atom. The van der Waals surface area contributed by atoms with Crippen LogP contribution in [-0.4, -0.2) is 62.3 Å². The smallest absolute Gasteiger partial charge is 0.226 e. The lowest BCUT2D eigenvalue weighted by Crippen LogP contribution is -2.45. The van der Waals surface area contributed by atoms with E-state index in [2.05, 4.69) is 16.8 Å². The van der Waals surface area contributed by atoms with E-state index in [1.54, 1.807) is 14.2 Å². The summed E-state index contributed by atoms with van der Waals surface area (Å²) in [5, 5.41) is 0. The maximum absolute atomic E-state index is 5.29. The van der Waals surface area contributed by atoms with Gasteiger partial charge in [-0.2, -0.15) is 0 Å². The molecular weight excluding hydrogens is 364 g/mol. The second-order valence-corrected chi connectivity index (χ2v) is 7.19. The van der Waals surface area contributed by atoms with Gasteiger partial charge in [0.15, 0.2) is 0 Å². The maximum Gasteiger partial charge on any atom is 0.226 e. The highest BCUT2D eigenvalue weighted by molar-refractivity contribution is 5.70. The molecule has 0 spiro atoms. The molecule has 0 amide bonds. The minimum atomic E-state index is 0.775. The van der Waals surface area contributed by atoms with E-state index in [1.807, 2.05) is 54.6 Å². The Morgan fingerprint density at radius 3 is 1.55 bits per heavy atom. The van der Waals surface area contributed by atoms with Crippen LogP contribution in [0, 0.1) is 0 Å². The van der Waals surface area contributed by atoms with Gasteiger partial charge in [0, 0.05) is 37.3 Å². The number of ether oxygens (including phenoxy) is 2. The summed E-state index contributed by atoms with van der Waals surface area (Å²) in [6.07, 6.45) is 0. The molecule has 2 heterocycles. The lowest BCUT2D eigenvalue weighted by atomic mass is 10.1. The molecule has 0 aliphatic carbocycles. The number of benzene rings is 2. The molecule has 1 aliphatic heterocycles. The van der Waals surface area contributed by atoms with Crippen LogP contribution < -0.4 is 14.4 Å². The standard InChI is InChI=1S/C23H26N4O2/c1-26-12-14-27(15-13-26)23-24-21(17-4-8-19(28-2)9-5-17)16-22(25-23)18-6-10-20(29-3)11-7-18/h4-11,16H,12-15H2,1-3H3. The van der Waals surface area contributed by atoms with Crippen molar-refractivity contribution >= 4 is 5.95 Å². The highest BCUT2D eigenvalue weighted by Crippen LogP contribution is 2.29. The fraction of sp³-hybridized carbons (Fsp3) is 0.304. The SMILES string of the molecule is COc1ccc(-c2cc(-c3ccc(OC)cc3)nc(N3CCN(C)CC3)n2)cc1. The number of hydrogen-bond donors (Lipinski definition) is 0. The lowest BCUT2D eigenvalue weighted by molar-refractivity contribution is 0.311. The molecule has 6 nitrogen and oxygen atoms in total. The van der Waals surface area contributed by atoms with E-state index >= 15 is 0 Å². The average molecular weight is 390 g/mol. The van der Waals surface area contributed by atoms with E-state index in [1.165, 1.54) is 0 Å². The molecule has 1 aromatic heterocycles. The number of piperazine rings is 1. The van der Waals surface area contributed by atoms with E-state index < -0.39 is 0 Å². The fourth-order valence-electron chi connectivity index (χ4n) is 3.40. The van der Waals surface area contributed by atoms with Crippen LogP contribution in [0.1, 0.15) is 0 Å². The van der Waals surface area contributed by atoms with Gasteiger partial charge >= 0.3 is 0 Å². The molecule has 3 aromatic rings. The van der Waals surface area contributed by atoms with Crippen LogP contribution >= 0.6 is 0 Å². The van der Waals surface area contributed by atoms with Gasteiger partial charge in [-0.1, -0.05) is 0 Å². The summed E-state index contributed by atoms with van der Waals surface area (Å²) < 4.78 is 10.6. The summed E-state index contributed by atoms with van der Waals surface area (Å²) >= 11 is 0. The monoisotopic (exact) mass is 390 g/mol. The molecule has 29 heavy (non-hydrogen) atoms. The molecular formula is C23H26N4O2. The van der Waals surface area contributed by atoms with Crippen LogP contribution in [-0.2, 0) is 0 Å². The summed E-state index contributed by atoms with van der Waals surface area (Å²) in [5.41, 5.74) is 3.89. The Balaban J connectivity index is 1.75. The predicted octanol–water partition coefficient (Wildman–Crippen LogP) is 3.58. The van der Waals surface area contributed by atoms with E-state index in [9.17, 15) is 0 Å². The van der Waals surface area contributed by atoms with E-state index in [0.29, 0.717) is 0 Å². The van der Waals surface area contributed by atoms with Gasteiger partial charge in [-0.25, -0.2) is 9.97 Å². The molecule has 2 aromatic carbocycles. The lowest BCUT2D eigenvalue weighted by Gasteiger charge is -2.32. The van der Waals surface area contributed by atoms with Crippen LogP contribution in [0.3, 0.4) is 0 Å². The Labute approximate surface area is 171 Å². The fourth-order valence-corrected chi connectivity index (χ4v) is 3.40. The van der Waals surface area contributed by atoms with Gasteiger partial charge in [0.05, 0.1) is 25.6 Å². The van der Waals surface area contributed by atoms with Gasteiger partial charge < -0.3 is 19.3 Å². The maximum atomic E-state index is 5.29. The first-order valence-corrected chi connectivity index (χ1v) is 9.77. The van der Waals surface area contributed by atoms with Gasteiger partial charge in [-0.05, 0) is 61.6 Å². The predicted molar refractivity (Wildman–Crippen MR) is 116 cm³/mol. The highest BCUT2D eigenvalue weighted by atomic mass is 16.5. The van der Waals surface area contributed by atoms with Crippen LogP contribution in [0.4, 0.5) is 5.95 Å². The van der Waals surface area contributed by atoms with Gasteiger partial charge in [-0.15, -0.1) is 0 Å². The number of nitrogens with zero attached hydrogens (tertiary/aromatic N) is 4. The molecule has 0 saturated carbocycles. The first kappa shape index (κ1) is 19.2. The van der Waals surface area contributed by atoms with Crippen molar-refractivity contribution in [3.05, 3.63) is 54.6 Å². The minimum Gasteiger partial charge on any atom is -0.497 e. The molecule has 0 N–H and O–H groups in total. The van der Waals surface area contributed by atoms with Crippen LogP contribution in [0.15, 0.2) is 54.6 Å². The number of anilines is 1. The normalized spacial score (nSPS) is 14.7. The summed E-state index contributed by atoms with van der Waals surface area (Å²) in [6, 6.07) is 18.0. The number of hydrogen-bond acceptors (Lipinski definition) is 6. The summed E-state index contributed by atoms with van der Waals surface area (Å²) in [7, 11) is 5.49. The van der Waals surface area contributed by atoms with Gasteiger partial charge in [0.25, 0.3) is 0 Å². The van der Waals surface area contributed by atoms with Crippen molar-refractivity contribution < 1.29 is 9.47 Å². The molecule has 150 valence electrons. The summed E-state index contributed by atoms with van der Waals surface area (Å²) in [4.78, 5) is 14.4. The average Bonchev–Trinajstić information content (AvgIpc) is 2.79. The van der Waals surface area contributed by atoms with Crippen molar-refractivity contribution in [3.63, 3.8) is 0 Å². The Kier molecular flexibility index (Phi) is 5.62. The molecule has 4 rings (SSSR count). The molecule has 1 fully saturated rings. The van der Waals surface area contributed by atoms with Crippen molar-refractivity contribution in [3.8, 4) is 34.0 Å². The zero-order chi connectivity index (χ0) is 20.2. The zero-order valence-electron chi connectivity index (χ0n) is 17.1. The number of methoxy groups -OCH3 is 2. The summed E-state index contributed by atoms with van der Waals surface area (Å²) in [5.74, 6) is 2.44. The quantitative estimate of drug-likeness (QED) is 0.664. The second-order valence-electron chi connectivity index (χ2n) is 7.19. The van der Waals surface area contributed by atoms with E-state index in [4.69, 9.17) is 19.4 Å². The van der Waals surface area contributed by atoms with Crippen molar-refractivity contribution in [1.82, 2.24) is 14.9 Å². The van der Waals surface area contributed by atoms with Gasteiger partial charge in [0.2, 0.25) is 5.95 Å². The van der Waals surface area contributed by atoms with Crippen molar-refractivity contribution in [1.29, 1.82) is 0 Å². The minimum absolute atomic E-state index is 0.775. The van der Waals surface area contributed by atoms with Gasteiger partial charge in [0.1, 0.15) is 11.5 Å². The molecule has 0 atom stereocenters. The first-order valence-electron chi connectivity index (χ1n) is 9.77. The Morgan fingerprint density at radius 1 is 0.690 bits per heavy atom. The molecule has 6 heteroatoms. The van der Waals surface area contributed by atoms with Crippen molar-refractivity contribution in [2.24, 2.45) is 0 Å². The topological polar surface area (TPSA) is 50.7 Å². The third-order valence-corrected chi connectivity index (χ3v) is 5.27. The zero-order valence-corrected chi connectivity index (χ0v) is 17.1. The van der Waals surface area contributed by atoms with Crippen LogP contribution in [0.2, 0.25) is 0 Å². The van der Waals surface area contributed by atoms with Crippen molar-refractivity contribution in [2.45, 2.75) is 0 Å². The molecule has 0 radical (unpaired) electrons. The van der Waals surface area contributed by atoms with Crippen molar-refractivity contribution in [2.75, 3.05) is 52.3 Å². The number of aromatic nitrogens is 2. The molecule has 0 bridgehead atoms. The largest absolute Gasteiger partial charge is 0.497 e. The van der Waals surface area contributed by atoms with E-state index in [0.717, 1.165) is 66.1 Å². The van der Waals surface area contributed by atoms with E-state index in [-0.39, 0.29) is 0 Å². The highest BCUT2D eigenvalue weighted by Gasteiger charge is 2.19.